The molecular formula is C15H16N2O3. The zero-order valence-corrected chi connectivity index (χ0v) is 10.8. The number of hydrogen-bond acceptors (Lipinski definition) is 4. The van der Waals surface area contributed by atoms with Crippen molar-refractivity contribution in [1.29, 1.82) is 0 Å². The minimum atomic E-state index is -1.20. The second-order valence-electron chi connectivity index (χ2n) is 4.52. The van der Waals surface area contributed by atoms with Crippen LogP contribution in [-0.4, -0.2) is 27.2 Å². The molecule has 0 saturated heterocycles. The molecule has 1 aromatic heterocycles. The van der Waals surface area contributed by atoms with E-state index in [-0.39, 0.29) is 6.42 Å². The van der Waals surface area contributed by atoms with E-state index in [1.54, 1.807) is 30.5 Å². The van der Waals surface area contributed by atoms with Crippen molar-refractivity contribution in [2.75, 3.05) is 0 Å². The number of benzene rings is 1. The number of amides is 1. The van der Waals surface area contributed by atoms with Crippen molar-refractivity contribution in [3.8, 4) is 11.3 Å². The Bertz CT molecular complexity index is 569. The van der Waals surface area contributed by atoms with Crippen LogP contribution in [0.5, 0.6) is 0 Å². The summed E-state index contributed by atoms with van der Waals surface area (Å²) < 4.78 is 0. The van der Waals surface area contributed by atoms with Crippen molar-refractivity contribution in [1.82, 2.24) is 4.98 Å². The van der Waals surface area contributed by atoms with E-state index < -0.39 is 18.1 Å². The molecule has 20 heavy (non-hydrogen) atoms. The Kier molecular flexibility index (Phi) is 4.45. The van der Waals surface area contributed by atoms with Gasteiger partial charge in [-0.1, -0.05) is 30.3 Å². The minimum Gasteiger partial charge on any atom is -0.390 e. The lowest BCUT2D eigenvalue weighted by molar-refractivity contribution is -0.121. The molecule has 5 heteroatoms. The Labute approximate surface area is 116 Å². The van der Waals surface area contributed by atoms with E-state index in [1.165, 1.54) is 0 Å². The monoisotopic (exact) mass is 272 g/mol. The van der Waals surface area contributed by atoms with E-state index in [0.717, 1.165) is 11.3 Å². The van der Waals surface area contributed by atoms with Gasteiger partial charge in [0, 0.05) is 11.8 Å². The molecule has 0 spiro atoms. The van der Waals surface area contributed by atoms with Crippen LogP contribution in [0.1, 0.15) is 18.1 Å². The van der Waals surface area contributed by atoms with Gasteiger partial charge < -0.3 is 15.9 Å². The molecule has 2 unspecified atom stereocenters. The van der Waals surface area contributed by atoms with Crippen LogP contribution >= 0.6 is 0 Å². The molecule has 5 nitrogen and oxygen atoms in total. The third kappa shape index (κ3) is 3.40. The number of aliphatic hydroxyl groups excluding tert-OH is 2. The van der Waals surface area contributed by atoms with E-state index in [0.29, 0.717) is 5.56 Å². The lowest BCUT2D eigenvalue weighted by atomic mass is 10.00. The first kappa shape index (κ1) is 14.2. The third-order valence-electron chi connectivity index (χ3n) is 2.99. The van der Waals surface area contributed by atoms with Gasteiger partial charge in [0.2, 0.25) is 5.91 Å². The van der Waals surface area contributed by atoms with Crippen LogP contribution in [0.4, 0.5) is 0 Å². The smallest absolute Gasteiger partial charge is 0.220 e. The Hall–Kier alpha value is -2.24. The number of nitrogens with two attached hydrogens (primary N) is 1. The van der Waals surface area contributed by atoms with Gasteiger partial charge >= 0.3 is 0 Å². The van der Waals surface area contributed by atoms with E-state index in [2.05, 4.69) is 4.98 Å². The summed E-state index contributed by atoms with van der Waals surface area (Å²) in [5.41, 5.74) is 7.25. The molecule has 2 rings (SSSR count). The first-order valence-corrected chi connectivity index (χ1v) is 6.23. The lowest BCUT2D eigenvalue weighted by Crippen LogP contribution is -2.25. The van der Waals surface area contributed by atoms with Gasteiger partial charge in [-0.05, 0) is 17.7 Å². The van der Waals surface area contributed by atoms with Crippen molar-refractivity contribution in [3.05, 3.63) is 54.2 Å². The molecule has 1 heterocycles. The third-order valence-corrected chi connectivity index (χ3v) is 2.99. The summed E-state index contributed by atoms with van der Waals surface area (Å²) in [6, 6.07) is 12.6. The molecule has 0 saturated carbocycles. The van der Waals surface area contributed by atoms with E-state index in [9.17, 15) is 15.0 Å². The van der Waals surface area contributed by atoms with Gasteiger partial charge in [-0.3, -0.25) is 9.78 Å². The van der Waals surface area contributed by atoms with Gasteiger partial charge in [-0.2, -0.15) is 0 Å². The zero-order valence-electron chi connectivity index (χ0n) is 10.8. The second kappa shape index (κ2) is 6.27. The maximum absolute atomic E-state index is 10.7. The summed E-state index contributed by atoms with van der Waals surface area (Å²) in [5, 5.41) is 19.6. The van der Waals surface area contributed by atoms with Gasteiger partial charge in [0.25, 0.3) is 0 Å². The molecule has 1 aromatic carbocycles. The predicted octanol–water partition coefficient (Wildman–Crippen LogP) is 1.02. The van der Waals surface area contributed by atoms with Crippen LogP contribution in [0.25, 0.3) is 11.3 Å². The van der Waals surface area contributed by atoms with E-state index >= 15 is 0 Å². The Morgan fingerprint density at radius 2 is 1.85 bits per heavy atom. The molecule has 0 fully saturated rings. The maximum Gasteiger partial charge on any atom is 0.220 e. The quantitative estimate of drug-likeness (QED) is 0.757. The highest BCUT2D eigenvalue weighted by molar-refractivity contribution is 5.74. The molecule has 0 radical (unpaired) electrons. The molecule has 0 aliphatic carbocycles. The zero-order chi connectivity index (χ0) is 14.5. The van der Waals surface area contributed by atoms with Crippen LogP contribution in [0, 0.1) is 0 Å². The maximum atomic E-state index is 10.7. The summed E-state index contributed by atoms with van der Waals surface area (Å²) in [4.78, 5) is 15.0. The normalized spacial score (nSPS) is 13.7. The van der Waals surface area contributed by atoms with E-state index in [4.69, 9.17) is 5.73 Å². The lowest BCUT2D eigenvalue weighted by Gasteiger charge is -2.17. The van der Waals surface area contributed by atoms with Gasteiger partial charge in [0.05, 0.1) is 18.2 Å². The molecular weight excluding hydrogens is 256 g/mol. The Balaban J connectivity index is 2.14. The fourth-order valence-electron chi connectivity index (χ4n) is 1.92. The van der Waals surface area contributed by atoms with Gasteiger partial charge in [-0.15, -0.1) is 0 Å². The first-order chi connectivity index (χ1) is 9.58. The fraction of sp³-hybridized carbons (Fsp3) is 0.200. The van der Waals surface area contributed by atoms with Crippen molar-refractivity contribution >= 4 is 5.91 Å². The SMILES string of the molecule is NC(=O)CC(O)C(O)c1ccc(-c2ccccn2)cc1. The number of pyridine rings is 1. The second-order valence-corrected chi connectivity index (χ2v) is 4.52. The van der Waals surface area contributed by atoms with Gasteiger partial charge in [0.1, 0.15) is 6.10 Å². The van der Waals surface area contributed by atoms with Crippen LogP contribution in [0.2, 0.25) is 0 Å². The summed E-state index contributed by atoms with van der Waals surface area (Å²) in [7, 11) is 0. The number of carbonyl (C=O) groups excluding carboxylic acids is 1. The van der Waals surface area contributed by atoms with Crippen LogP contribution < -0.4 is 5.73 Å². The van der Waals surface area contributed by atoms with Crippen LogP contribution in [0.3, 0.4) is 0 Å². The number of carbonyl (C=O) groups is 1. The average Bonchev–Trinajstić information content (AvgIpc) is 2.47. The number of hydrogen-bond donors (Lipinski definition) is 3. The number of rotatable bonds is 5. The highest BCUT2D eigenvalue weighted by Gasteiger charge is 2.20. The molecule has 2 aromatic rings. The van der Waals surface area contributed by atoms with Gasteiger partial charge in [-0.25, -0.2) is 0 Å². The van der Waals surface area contributed by atoms with Crippen LogP contribution in [0.15, 0.2) is 48.7 Å². The topological polar surface area (TPSA) is 96.4 Å². The molecule has 0 bridgehead atoms. The van der Waals surface area contributed by atoms with Crippen molar-refractivity contribution < 1.29 is 15.0 Å². The van der Waals surface area contributed by atoms with Gasteiger partial charge in [0.15, 0.2) is 0 Å². The molecule has 104 valence electrons. The number of aliphatic hydroxyl groups is 2. The van der Waals surface area contributed by atoms with Crippen molar-refractivity contribution in [2.24, 2.45) is 5.73 Å². The molecule has 2 atom stereocenters. The van der Waals surface area contributed by atoms with Crippen molar-refractivity contribution in [2.45, 2.75) is 18.6 Å². The van der Waals surface area contributed by atoms with E-state index in [1.807, 2.05) is 18.2 Å². The van der Waals surface area contributed by atoms with Crippen LogP contribution in [-0.2, 0) is 4.79 Å². The first-order valence-electron chi connectivity index (χ1n) is 6.23. The largest absolute Gasteiger partial charge is 0.390 e. The fourth-order valence-corrected chi connectivity index (χ4v) is 1.92. The molecule has 4 N–H and O–H groups in total. The Morgan fingerprint density at radius 3 is 2.40 bits per heavy atom. The molecule has 1 amide bonds. The minimum absolute atomic E-state index is 0.275. The number of aromatic nitrogens is 1. The summed E-state index contributed by atoms with van der Waals surface area (Å²) >= 11 is 0. The summed E-state index contributed by atoms with van der Waals surface area (Å²) in [6.07, 6.45) is -0.911. The molecule has 0 aliphatic rings. The standard InChI is InChI=1S/C15H16N2O3/c16-14(19)9-13(18)15(20)11-6-4-10(5-7-11)12-3-1-2-8-17-12/h1-8,13,15,18,20H,9H2,(H2,16,19). The Morgan fingerprint density at radius 1 is 1.15 bits per heavy atom. The highest BCUT2D eigenvalue weighted by Crippen LogP contribution is 2.23. The summed E-state index contributed by atoms with van der Waals surface area (Å²) in [6.45, 7) is 0. The predicted molar refractivity (Wildman–Crippen MR) is 74.5 cm³/mol. The average molecular weight is 272 g/mol. The number of nitrogens with zero attached hydrogens (tertiary/aromatic N) is 1. The highest BCUT2D eigenvalue weighted by atomic mass is 16.3. The summed E-state index contributed by atoms with van der Waals surface area (Å²) in [5.74, 6) is -0.651. The molecule has 0 aliphatic heterocycles. The number of primary amides is 1. The van der Waals surface area contributed by atoms with Crippen molar-refractivity contribution in [3.63, 3.8) is 0 Å².